The van der Waals surface area contributed by atoms with Crippen LogP contribution in [0.1, 0.15) is 13.8 Å². The molecule has 0 bridgehead atoms. The first kappa shape index (κ1) is 11.8. The number of amides is 1. The second-order valence-electron chi connectivity index (χ2n) is 2.97. The molecule has 0 unspecified atom stereocenters. The van der Waals surface area contributed by atoms with Crippen LogP contribution in [-0.4, -0.2) is 11.9 Å². The molecule has 0 saturated carbocycles. The number of carbonyl (C=O) groups excluding carboxylic acids is 2. The monoisotopic (exact) mass is 222 g/mol. The van der Waals surface area contributed by atoms with Gasteiger partial charge in [0.15, 0.2) is 5.75 Å². The number of esters is 1. The topological polar surface area (TPSA) is 76.0 Å². The van der Waals surface area contributed by atoms with Crippen LogP contribution in [0.3, 0.4) is 0 Å². The molecule has 0 fully saturated rings. The van der Waals surface area contributed by atoms with E-state index in [0.717, 1.165) is 0 Å². The SMILES string of the molecule is CC(=O)Oc1ccccc1N(N=O)C(C)=O. The van der Waals surface area contributed by atoms with Crippen LogP contribution in [0.15, 0.2) is 29.6 Å². The number of hydrogen-bond acceptors (Lipinski definition) is 5. The van der Waals surface area contributed by atoms with E-state index in [9.17, 15) is 14.5 Å². The lowest BCUT2D eigenvalue weighted by molar-refractivity contribution is -0.132. The Hall–Kier alpha value is -2.24. The number of rotatable bonds is 3. The highest BCUT2D eigenvalue weighted by Crippen LogP contribution is 2.28. The van der Waals surface area contributed by atoms with E-state index in [4.69, 9.17) is 4.74 Å². The standard InChI is InChI=1S/C10H10N2O4/c1-7(13)12(11-15)9-5-3-4-6-10(9)16-8(2)14/h3-6H,1-2H3. The maximum atomic E-state index is 11.1. The van der Waals surface area contributed by atoms with Gasteiger partial charge in [-0.3, -0.25) is 9.59 Å². The van der Waals surface area contributed by atoms with Crippen molar-refractivity contribution >= 4 is 17.6 Å². The third-order valence-electron chi connectivity index (χ3n) is 1.73. The molecule has 0 aliphatic rings. The van der Waals surface area contributed by atoms with Crippen molar-refractivity contribution in [2.75, 3.05) is 5.01 Å². The van der Waals surface area contributed by atoms with Crippen molar-refractivity contribution in [2.45, 2.75) is 13.8 Å². The van der Waals surface area contributed by atoms with Gasteiger partial charge in [0.1, 0.15) is 5.69 Å². The largest absolute Gasteiger partial charge is 0.424 e. The molecule has 0 aliphatic heterocycles. The van der Waals surface area contributed by atoms with Crippen LogP contribution in [0.5, 0.6) is 5.75 Å². The molecule has 0 heterocycles. The van der Waals surface area contributed by atoms with E-state index in [1.165, 1.54) is 26.0 Å². The smallest absolute Gasteiger partial charge is 0.308 e. The second kappa shape index (κ2) is 5.01. The summed E-state index contributed by atoms with van der Waals surface area (Å²) >= 11 is 0. The zero-order chi connectivity index (χ0) is 12.1. The van der Waals surface area contributed by atoms with Gasteiger partial charge < -0.3 is 4.74 Å². The Morgan fingerprint density at radius 1 is 1.25 bits per heavy atom. The van der Waals surface area contributed by atoms with Gasteiger partial charge in [0, 0.05) is 13.8 Å². The molecule has 84 valence electrons. The van der Waals surface area contributed by atoms with E-state index < -0.39 is 11.9 Å². The first-order valence-electron chi connectivity index (χ1n) is 4.47. The van der Waals surface area contributed by atoms with E-state index in [-0.39, 0.29) is 11.4 Å². The van der Waals surface area contributed by atoms with E-state index in [1.807, 2.05) is 0 Å². The fourth-order valence-corrected chi connectivity index (χ4v) is 1.14. The average molecular weight is 222 g/mol. The van der Waals surface area contributed by atoms with Crippen LogP contribution in [0, 0.1) is 4.91 Å². The summed E-state index contributed by atoms with van der Waals surface area (Å²) < 4.78 is 4.85. The lowest BCUT2D eigenvalue weighted by Gasteiger charge is -2.14. The van der Waals surface area contributed by atoms with Crippen LogP contribution in [0.2, 0.25) is 0 Å². The van der Waals surface area contributed by atoms with Gasteiger partial charge in [0.05, 0.1) is 5.29 Å². The van der Waals surface area contributed by atoms with Gasteiger partial charge in [-0.2, -0.15) is 5.01 Å². The maximum absolute atomic E-state index is 11.1. The number of ether oxygens (including phenoxy) is 1. The van der Waals surface area contributed by atoms with Crippen molar-refractivity contribution in [3.63, 3.8) is 0 Å². The molecule has 0 aromatic heterocycles. The molecular weight excluding hydrogens is 212 g/mol. The van der Waals surface area contributed by atoms with E-state index >= 15 is 0 Å². The third-order valence-corrected chi connectivity index (χ3v) is 1.73. The number of para-hydroxylation sites is 2. The molecule has 0 atom stereocenters. The van der Waals surface area contributed by atoms with Crippen LogP contribution in [-0.2, 0) is 9.59 Å². The summed E-state index contributed by atoms with van der Waals surface area (Å²) in [6.45, 7) is 2.41. The summed E-state index contributed by atoms with van der Waals surface area (Å²) in [6, 6.07) is 6.15. The van der Waals surface area contributed by atoms with Crippen molar-refractivity contribution in [3.8, 4) is 5.75 Å². The van der Waals surface area contributed by atoms with Crippen LogP contribution >= 0.6 is 0 Å². The first-order valence-corrected chi connectivity index (χ1v) is 4.47. The molecule has 6 nitrogen and oxygen atoms in total. The molecule has 1 aromatic rings. The van der Waals surface area contributed by atoms with Crippen LogP contribution < -0.4 is 9.75 Å². The summed E-state index contributed by atoms with van der Waals surface area (Å²) in [6.07, 6.45) is 0. The van der Waals surface area contributed by atoms with Crippen molar-refractivity contribution < 1.29 is 14.3 Å². The average Bonchev–Trinajstić information content (AvgIpc) is 2.20. The maximum Gasteiger partial charge on any atom is 0.308 e. The highest BCUT2D eigenvalue weighted by atomic mass is 16.5. The van der Waals surface area contributed by atoms with Gasteiger partial charge in [-0.25, -0.2) is 0 Å². The summed E-state index contributed by atoms with van der Waals surface area (Å²) in [5, 5.41) is 3.19. The van der Waals surface area contributed by atoms with E-state index in [1.54, 1.807) is 12.1 Å². The van der Waals surface area contributed by atoms with Gasteiger partial charge in [0.2, 0.25) is 5.91 Å². The number of anilines is 1. The number of carbonyl (C=O) groups is 2. The Morgan fingerprint density at radius 3 is 2.38 bits per heavy atom. The van der Waals surface area contributed by atoms with Crippen molar-refractivity contribution in [1.29, 1.82) is 0 Å². The zero-order valence-corrected chi connectivity index (χ0v) is 8.84. The normalized spacial score (nSPS) is 9.38. The Labute approximate surface area is 91.8 Å². The molecule has 16 heavy (non-hydrogen) atoms. The summed E-state index contributed by atoms with van der Waals surface area (Å²) in [7, 11) is 0. The minimum absolute atomic E-state index is 0.116. The zero-order valence-electron chi connectivity index (χ0n) is 8.84. The number of nitrogens with zero attached hydrogens (tertiary/aromatic N) is 2. The summed E-state index contributed by atoms with van der Waals surface area (Å²) in [4.78, 5) is 32.4. The minimum atomic E-state index is -0.561. The van der Waals surface area contributed by atoms with Gasteiger partial charge >= 0.3 is 5.97 Å². The molecule has 1 aromatic carbocycles. The van der Waals surface area contributed by atoms with Gasteiger partial charge in [-0.15, -0.1) is 4.91 Å². The molecule has 0 aliphatic carbocycles. The van der Waals surface area contributed by atoms with Gasteiger partial charge in [0.25, 0.3) is 0 Å². The minimum Gasteiger partial charge on any atom is -0.424 e. The predicted octanol–water partition coefficient (Wildman–Crippen LogP) is 1.65. The fraction of sp³-hybridized carbons (Fsp3) is 0.200. The van der Waals surface area contributed by atoms with Crippen molar-refractivity contribution in [3.05, 3.63) is 29.2 Å². The third kappa shape index (κ3) is 2.63. The van der Waals surface area contributed by atoms with Crippen LogP contribution in [0.4, 0.5) is 5.69 Å². The Bertz CT molecular complexity index is 431. The van der Waals surface area contributed by atoms with Gasteiger partial charge in [-0.1, -0.05) is 12.1 Å². The highest BCUT2D eigenvalue weighted by Gasteiger charge is 2.17. The Morgan fingerprint density at radius 2 is 1.88 bits per heavy atom. The lowest BCUT2D eigenvalue weighted by Crippen LogP contribution is -2.22. The molecule has 0 radical (unpaired) electrons. The molecule has 1 amide bonds. The lowest BCUT2D eigenvalue weighted by atomic mass is 10.3. The number of nitroso groups, excluding NO2 is 1. The van der Waals surface area contributed by atoms with Gasteiger partial charge in [-0.05, 0) is 12.1 Å². The highest BCUT2D eigenvalue weighted by molar-refractivity contribution is 5.92. The predicted molar refractivity (Wildman–Crippen MR) is 56.7 cm³/mol. The molecule has 0 saturated heterocycles. The van der Waals surface area contributed by atoms with E-state index in [2.05, 4.69) is 5.29 Å². The molecule has 6 heteroatoms. The fourth-order valence-electron chi connectivity index (χ4n) is 1.14. The summed E-state index contributed by atoms with van der Waals surface area (Å²) in [5.41, 5.74) is 0.139. The quantitative estimate of drug-likeness (QED) is 0.337. The molecular formula is C10H10N2O4. The molecule has 1 rings (SSSR count). The van der Waals surface area contributed by atoms with Crippen molar-refractivity contribution in [2.24, 2.45) is 5.29 Å². The van der Waals surface area contributed by atoms with Crippen molar-refractivity contribution in [1.82, 2.24) is 0 Å². The van der Waals surface area contributed by atoms with E-state index in [0.29, 0.717) is 5.01 Å². The summed E-state index contributed by atoms with van der Waals surface area (Å²) in [5.74, 6) is -0.985. The van der Waals surface area contributed by atoms with Crippen LogP contribution in [0.25, 0.3) is 0 Å². The Kier molecular flexibility index (Phi) is 3.71. The molecule has 0 spiro atoms. The number of benzene rings is 1. The number of hydrogen-bond donors (Lipinski definition) is 0. The second-order valence-corrected chi connectivity index (χ2v) is 2.97. The molecule has 0 N–H and O–H groups in total. The Balaban J connectivity index is 3.15. The first-order chi connectivity index (χ1) is 7.56.